The van der Waals surface area contributed by atoms with E-state index in [0.717, 1.165) is 11.3 Å². The number of benzene rings is 1. The fourth-order valence-electron chi connectivity index (χ4n) is 1.79. The summed E-state index contributed by atoms with van der Waals surface area (Å²) >= 11 is 0. The Hall–Kier alpha value is -2.81. The molecule has 1 aromatic rings. The molecular formula is C16H19N3O3. The third-order valence-electron chi connectivity index (χ3n) is 3.04. The smallest absolute Gasteiger partial charge is 0.325 e. The van der Waals surface area contributed by atoms with Crippen molar-refractivity contribution >= 4 is 17.6 Å². The summed E-state index contributed by atoms with van der Waals surface area (Å²) in [5, 5.41) is 20.2. The molecule has 6 nitrogen and oxygen atoms in total. The minimum Gasteiger partial charge on any atom is -0.480 e. The predicted octanol–water partition coefficient (Wildman–Crippen LogP) is 1.82. The zero-order valence-electron chi connectivity index (χ0n) is 12.8. The highest BCUT2D eigenvalue weighted by molar-refractivity contribution is 5.99. The number of carboxylic acid groups (broad SMARTS) is 1. The molecule has 1 aromatic carbocycles. The maximum absolute atomic E-state index is 11.9. The number of anilines is 1. The van der Waals surface area contributed by atoms with Gasteiger partial charge in [-0.3, -0.25) is 9.59 Å². The molecule has 0 saturated carbocycles. The minimum atomic E-state index is -1.16. The number of nitrogens with one attached hydrogen (secondary N) is 1. The third kappa shape index (κ3) is 4.63. The van der Waals surface area contributed by atoms with Crippen LogP contribution in [-0.2, 0) is 9.59 Å². The average Bonchev–Trinajstić information content (AvgIpc) is 2.48. The number of aryl methyl sites for hydroxylation is 1. The zero-order chi connectivity index (χ0) is 16.7. The lowest BCUT2D eigenvalue weighted by Gasteiger charge is -2.19. The quantitative estimate of drug-likeness (QED) is 0.617. The van der Waals surface area contributed by atoms with Crippen LogP contribution in [0.25, 0.3) is 0 Å². The van der Waals surface area contributed by atoms with Gasteiger partial charge in [0.15, 0.2) is 0 Å². The first-order valence-corrected chi connectivity index (χ1v) is 6.88. The van der Waals surface area contributed by atoms with E-state index in [1.54, 1.807) is 4.90 Å². The first-order valence-electron chi connectivity index (χ1n) is 6.88. The molecule has 0 spiro atoms. The molecule has 0 heterocycles. The minimum absolute atomic E-state index is 0.142. The zero-order valence-corrected chi connectivity index (χ0v) is 12.8. The highest BCUT2D eigenvalue weighted by Crippen LogP contribution is 2.17. The van der Waals surface area contributed by atoms with Gasteiger partial charge in [-0.25, -0.2) is 0 Å². The van der Waals surface area contributed by atoms with Crippen LogP contribution >= 0.6 is 0 Å². The average molecular weight is 301 g/mol. The van der Waals surface area contributed by atoms with Crippen molar-refractivity contribution in [2.75, 3.05) is 11.4 Å². The fraction of sp³-hybridized carbons (Fsp3) is 0.312. The first kappa shape index (κ1) is 17.2. The van der Waals surface area contributed by atoms with Crippen LogP contribution in [0.15, 0.2) is 36.0 Å². The molecule has 0 saturated heterocycles. The van der Waals surface area contributed by atoms with Crippen LogP contribution in [0.3, 0.4) is 0 Å². The van der Waals surface area contributed by atoms with Crippen molar-refractivity contribution in [3.63, 3.8) is 0 Å². The summed E-state index contributed by atoms with van der Waals surface area (Å²) in [5.74, 6) is -1.86. The fourth-order valence-corrected chi connectivity index (χ4v) is 1.79. The molecule has 0 bridgehead atoms. The Morgan fingerprint density at radius 2 is 2.18 bits per heavy atom. The van der Waals surface area contributed by atoms with Gasteiger partial charge in [0.1, 0.15) is 17.7 Å². The van der Waals surface area contributed by atoms with Gasteiger partial charge in [0.2, 0.25) is 0 Å². The van der Waals surface area contributed by atoms with Crippen molar-refractivity contribution < 1.29 is 14.7 Å². The Morgan fingerprint density at radius 1 is 1.50 bits per heavy atom. The van der Waals surface area contributed by atoms with Crippen LogP contribution in [-0.4, -0.2) is 29.6 Å². The SMILES string of the molecule is CCN(/C=C(/C#N)C(=O)NC(C)C(=O)O)c1cccc(C)c1. The summed E-state index contributed by atoms with van der Waals surface area (Å²) in [7, 11) is 0. The molecule has 0 aliphatic heterocycles. The van der Waals surface area contributed by atoms with E-state index < -0.39 is 17.9 Å². The second-order valence-corrected chi connectivity index (χ2v) is 4.81. The molecule has 22 heavy (non-hydrogen) atoms. The number of carbonyl (C=O) groups is 2. The van der Waals surface area contributed by atoms with Crippen LogP contribution < -0.4 is 10.2 Å². The lowest BCUT2D eigenvalue weighted by Crippen LogP contribution is -2.39. The molecule has 0 aliphatic rings. The van der Waals surface area contributed by atoms with Crippen molar-refractivity contribution in [3.05, 3.63) is 41.6 Å². The Bertz CT molecular complexity index is 632. The van der Waals surface area contributed by atoms with Gasteiger partial charge in [0.25, 0.3) is 5.91 Å². The van der Waals surface area contributed by atoms with Gasteiger partial charge in [-0.05, 0) is 38.5 Å². The van der Waals surface area contributed by atoms with E-state index in [1.165, 1.54) is 13.1 Å². The maximum atomic E-state index is 11.9. The number of rotatable bonds is 6. The van der Waals surface area contributed by atoms with Crippen LogP contribution in [0.2, 0.25) is 0 Å². The van der Waals surface area contributed by atoms with E-state index in [9.17, 15) is 9.59 Å². The molecular weight excluding hydrogens is 282 g/mol. The van der Waals surface area contributed by atoms with E-state index in [4.69, 9.17) is 10.4 Å². The van der Waals surface area contributed by atoms with Crippen molar-refractivity contribution in [1.82, 2.24) is 5.32 Å². The molecule has 1 unspecified atom stereocenters. The summed E-state index contributed by atoms with van der Waals surface area (Å²) in [6.07, 6.45) is 1.43. The van der Waals surface area contributed by atoms with Gasteiger partial charge < -0.3 is 15.3 Å². The summed E-state index contributed by atoms with van der Waals surface area (Å²) in [4.78, 5) is 24.5. The van der Waals surface area contributed by atoms with E-state index in [2.05, 4.69) is 5.32 Å². The molecule has 116 valence electrons. The molecule has 0 aromatic heterocycles. The summed E-state index contributed by atoms with van der Waals surface area (Å²) in [6, 6.07) is 8.41. The summed E-state index contributed by atoms with van der Waals surface area (Å²) in [6.45, 7) is 5.75. The standard InChI is InChI=1S/C16H19N3O3/c1-4-19(14-7-5-6-11(2)8-14)10-13(9-17)15(20)18-12(3)16(21)22/h5-8,10,12H,4H2,1-3H3,(H,18,20)(H,21,22)/b13-10-. The van der Waals surface area contributed by atoms with Gasteiger partial charge in [-0.1, -0.05) is 12.1 Å². The molecule has 6 heteroatoms. The number of carboxylic acids is 1. The summed E-state index contributed by atoms with van der Waals surface area (Å²) < 4.78 is 0. The molecule has 0 radical (unpaired) electrons. The second kappa shape index (κ2) is 7.84. The molecule has 0 aliphatic carbocycles. The van der Waals surface area contributed by atoms with Crippen molar-refractivity contribution in [2.24, 2.45) is 0 Å². The largest absolute Gasteiger partial charge is 0.480 e. The van der Waals surface area contributed by atoms with Gasteiger partial charge in [0, 0.05) is 18.4 Å². The predicted molar refractivity (Wildman–Crippen MR) is 83.1 cm³/mol. The van der Waals surface area contributed by atoms with Crippen molar-refractivity contribution in [2.45, 2.75) is 26.8 Å². The van der Waals surface area contributed by atoms with Crippen LogP contribution in [0.5, 0.6) is 0 Å². The normalized spacial score (nSPS) is 12.2. The lowest BCUT2D eigenvalue weighted by atomic mass is 10.2. The van der Waals surface area contributed by atoms with Gasteiger partial charge >= 0.3 is 5.97 Å². The van der Waals surface area contributed by atoms with Crippen LogP contribution in [0.1, 0.15) is 19.4 Å². The number of nitriles is 1. The number of hydrogen-bond donors (Lipinski definition) is 2. The number of nitrogens with zero attached hydrogens (tertiary/aromatic N) is 2. The molecule has 1 rings (SSSR count). The second-order valence-electron chi connectivity index (χ2n) is 4.81. The van der Waals surface area contributed by atoms with Crippen molar-refractivity contribution in [1.29, 1.82) is 5.26 Å². The first-order chi connectivity index (χ1) is 10.4. The highest BCUT2D eigenvalue weighted by Gasteiger charge is 2.18. The number of hydrogen-bond acceptors (Lipinski definition) is 4. The topological polar surface area (TPSA) is 93.4 Å². The molecule has 1 atom stereocenters. The van der Waals surface area contributed by atoms with Crippen LogP contribution in [0, 0.1) is 18.3 Å². The highest BCUT2D eigenvalue weighted by atomic mass is 16.4. The van der Waals surface area contributed by atoms with E-state index in [-0.39, 0.29) is 5.57 Å². The molecule has 2 N–H and O–H groups in total. The molecule has 0 fully saturated rings. The Labute approximate surface area is 129 Å². The van der Waals surface area contributed by atoms with Crippen LogP contribution in [0.4, 0.5) is 5.69 Å². The Morgan fingerprint density at radius 3 is 2.68 bits per heavy atom. The Balaban J connectivity index is 3.01. The van der Waals surface area contributed by atoms with Gasteiger partial charge in [-0.2, -0.15) is 5.26 Å². The summed E-state index contributed by atoms with van der Waals surface area (Å²) in [5.41, 5.74) is 1.78. The number of aliphatic carboxylic acids is 1. The van der Waals surface area contributed by atoms with E-state index in [1.807, 2.05) is 44.2 Å². The molecule has 1 amide bonds. The van der Waals surface area contributed by atoms with E-state index in [0.29, 0.717) is 6.54 Å². The van der Waals surface area contributed by atoms with E-state index >= 15 is 0 Å². The third-order valence-corrected chi connectivity index (χ3v) is 3.04. The van der Waals surface area contributed by atoms with Gasteiger partial charge in [0.05, 0.1) is 0 Å². The number of amides is 1. The van der Waals surface area contributed by atoms with Crippen molar-refractivity contribution in [3.8, 4) is 6.07 Å². The lowest BCUT2D eigenvalue weighted by molar-refractivity contribution is -0.140. The van der Waals surface area contributed by atoms with Gasteiger partial charge in [-0.15, -0.1) is 0 Å². The monoisotopic (exact) mass is 301 g/mol. The maximum Gasteiger partial charge on any atom is 0.325 e. The Kier molecular flexibility index (Phi) is 6.14. The number of carbonyl (C=O) groups excluding carboxylic acids is 1.